The Balaban J connectivity index is 2.26. The summed E-state index contributed by atoms with van der Waals surface area (Å²) in [6.07, 6.45) is 4.87. The van der Waals surface area contributed by atoms with Crippen LogP contribution in [0.2, 0.25) is 0 Å². The molecule has 3 nitrogen and oxygen atoms in total. The van der Waals surface area contributed by atoms with Gasteiger partial charge in [-0.15, -0.1) is 0 Å². The molecule has 2 aromatic heterocycles. The molecule has 0 radical (unpaired) electrons. The van der Waals surface area contributed by atoms with Gasteiger partial charge in [-0.3, -0.25) is 0 Å². The molecule has 0 bridgehead atoms. The van der Waals surface area contributed by atoms with Gasteiger partial charge in [0.15, 0.2) is 5.65 Å². The third-order valence-corrected chi connectivity index (χ3v) is 2.87. The summed E-state index contributed by atoms with van der Waals surface area (Å²) in [7, 11) is 0. The van der Waals surface area contributed by atoms with Gasteiger partial charge in [-0.05, 0) is 44.2 Å². The molecule has 0 saturated heterocycles. The average Bonchev–Trinajstić information content (AvgIpc) is 2.53. The van der Waals surface area contributed by atoms with Crippen LogP contribution in [0.4, 0.5) is 0 Å². The van der Waals surface area contributed by atoms with Gasteiger partial charge < -0.3 is 4.98 Å². The van der Waals surface area contributed by atoms with Crippen LogP contribution in [-0.4, -0.2) is 15.0 Å². The minimum atomic E-state index is 0.947. The lowest BCUT2D eigenvalue weighted by Crippen LogP contribution is -2.04. The number of nitrogens with zero attached hydrogens (tertiary/aromatic N) is 2. The van der Waals surface area contributed by atoms with E-state index in [1.165, 1.54) is 30.5 Å². The van der Waals surface area contributed by atoms with Crippen molar-refractivity contribution < 1.29 is 0 Å². The second kappa shape index (κ2) is 2.80. The first-order valence-corrected chi connectivity index (χ1v) is 5.18. The Kier molecular flexibility index (Phi) is 1.60. The van der Waals surface area contributed by atoms with Gasteiger partial charge in [0, 0.05) is 5.69 Å². The van der Waals surface area contributed by atoms with Crippen molar-refractivity contribution in [3.05, 3.63) is 23.1 Å². The lowest BCUT2D eigenvalue weighted by Gasteiger charge is -2.13. The number of pyridine rings is 1. The molecule has 0 aliphatic heterocycles. The average molecular weight is 187 g/mol. The van der Waals surface area contributed by atoms with Crippen LogP contribution in [0.3, 0.4) is 0 Å². The summed E-state index contributed by atoms with van der Waals surface area (Å²) >= 11 is 0. The molecule has 3 heteroatoms. The van der Waals surface area contributed by atoms with Crippen molar-refractivity contribution in [3.63, 3.8) is 0 Å². The van der Waals surface area contributed by atoms with Gasteiger partial charge in [0.1, 0.15) is 11.3 Å². The van der Waals surface area contributed by atoms with E-state index in [1.807, 2.05) is 6.92 Å². The molecule has 1 aliphatic rings. The van der Waals surface area contributed by atoms with Crippen LogP contribution >= 0.6 is 0 Å². The summed E-state index contributed by atoms with van der Waals surface area (Å²) in [5.41, 5.74) is 4.63. The highest BCUT2D eigenvalue weighted by Crippen LogP contribution is 2.22. The number of nitrogens with one attached hydrogen (secondary N) is 1. The van der Waals surface area contributed by atoms with Crippen molar-refractivity contribution in [1.29, 1.82) is 0 Å². The first kappa shape index (κ1) is 7.97. The summed E-state index contributed by atoms with van der Waals surface area (Å²) in [6, 6.07) is 2.19. The minimum absolute atomic E-state index is 0.947. The Bertz CT molecular complexity index is 441. The zero-order valence-electron chi connectivity index (χ0n) is 8.30. The standard InChI is InChI=1S/C11H13N3/c1-7-12-10-6-8-4-2-3-5-9(8)14-11(10)13-7/h6H,2-5H2,1H3,(H,12,13,14). The Hall–Kier alpha value is -1.38. The molecule has 3 rings (SSSR count). The largest absolute Gasteiger partial charge is 0.327 e. The SMILES string of the molecule is Cc1nc2cc3c(nc2[nH]1)CCCC3. The highest BCUT2D eigenvalue weighted by Gasteiger charge is 2.12. The zero-order valence-corrected chi connectivity index (χ0v) is 8.30. The van der Waals surface area contributed by atoms with E-state index in [4.69, 9.17) is 0 Å². The predicted molar refractivity (Wildman–Crippen MR) is 55.3 cm³/mol. The fourth-order valence-electron chi connectivity index (χ4n) is 2.18. The van der Waals surface area contributed by atoms with Gasteiger partial charge >= 0.3 is 0 Å². The Morgan fingerprint density at radius 2 is 2.07 bits per heavy atom. The van der Waals surface area contributed by atoms with Crippen molar-refractivity contribution >= 4 is 11.2 Å². The van der Waals surface area contributed by atoms with E-state index < -0.39 is 0 Å². The lowest BCUT2D eigenvalue weighted by atomic mass is 9.96. The molecule has 0 amide bonds. The topological polar surface area (TPSA) is 41.6 Å². The number of aromatic amines is 1. The normalized spacial score (nSPS) is 15.8. The van der Waals surface area contributed by atoms with Crippen molar-refractivity contribution in [2.24, 2.45) is 0 Å². The van der Waals surface area contributed by atoms with Gasteiger partial charge in [0.2, 0.25) is 0 Å². The molecule has 14 heavy (non-hydrogen) atoms. The third-order valence-electron chi connectivity index (χ3n) is 2.87. The fraction of sp³-hybridized carbons (Fsp3) is 0.455. The number of aryl methyl sites for hydroxylation is 3. The molecule has 1 N–H and O–H groups in total. The number of fused-ring (bicyclic) bond motifs is 2. The minimum Gasteiger partial charge on any atom is -0.327 e. The maximum atomic E-state index is 4.62. The molecule has 0 spiro atoms. The van der Waals surface area contributed by atoms with Crippen LogP contribution in [-0.2, 0) is 12.8 Å². The molecule has 0 saturated carbocycles. The van der Waals surface area contributed by atoms with E-state index in [1.54, 1.807) is 0 Å². The quantitative estimate of drug-likeness (QED) is 0.686. The van der Waals surface area contributed by atoms with Crippen LogP contribution in [0.1, 0.15) is 29.9 Å². The van der Waals surface area contributed by atoms with E-state index in [9.17, 15) is 0 Å². The van der Waals surface area contributed by atoms with E-state index in [2.05, 4.69) is 21.0 Å². The van der Waals surface area contributed by atoms with Crippen LogP contribution < -0.4 is 0 Å². The van der Waals surface area contributed by atoms with Gasteiger partial charge in [-0.1, -0.05) is 0 Å². The number of hydrogen-bond donors (Lipinski definition) is 1. The van der Waals surface area contributed by atoms with Crippen LogP contribution in [0.25, 0.3) is 11.2 Å². The van der Waals surface area contributed by atoms with Gasteiger partial charge in [-0.25, -0.2) is 9.97 Å². The monoisotopic (exact) mass is 187 g/mol. The van der Waals surface area contributed by atoms with Crippen molar-refractivity contribution in [2.75, 3.05) is 0 Å². The number of aromatic nitrogens is 3. The summed E-state index contributed by atoms with van der Waals surface area (Å²) in [4.78, 5) is 12.2. The molecule has 2 aromatic rings. The first-order chi connectivity index (χ1) is 6.83. The number of rotatable bonds is 0. The summed E-state index contributed by atoms with van der Waals surface area (Å²) in [6.45, 7) is 1.97. The maximum absolute atomic E-state index is 4.62. The lowest BCUT2D eigenvalue weighted by molar-refractivity contribution is 0.671. The van der Waals surface area contributed by atoms with Gasteiger partial charge in [0.05, 0.1) is 0 Å². The smallest absolute Gasteiger partial charge is 0.157 e. The van der Waals surface area contributed by atoms with Crippen LogP contribution in [0.5, 0.6) is 0 Å². The highest BCUT2D eigenvalue weighted by atomic mass is 15.0. The Labute approximate surface area is 82.6 Å². The second-order valence-electron chi connectivity index (χ2n) is 3.99. The molecule has 0 fully saturated rings. The number of imidazole rings is 1. The summed E-state index contributed by atoms with van der Waals surface area (Å²) < 4.78 is 0. The summed E-state index contributed by atoms with van der Waals surface area (Å²) in [5.74, 6) is 0.954. The first-order valence-electron chi connectivity index (χ1n) is 5.18. The molecule has 2 heterocycles. The fourth-order valence-corrected chi connectivity index (χ4v) is 2.18. The maximum Gasteiger partial charge on any atom is 0.157 e. The van der Waals surface area contributed by atoms with Crippen molar-refractivity contribution in [1.82, 2.24) is 15.0 Å². The van der Waals surface area contributed by atoms with Crippen molar-refractivity contribution in [3.8, 4) is 0 Å². The van der Waals surface area contributed by atoms with E-state index in [0.717, 1.165) is 23.4 Å². The van der Waals surface area contributed by atoms with Crippen LogP contribution in [0.15, 0.2) is 6.07 Å². The Morgan fingerprint density at radius 1 is 1.21 bits per heavy atom. The second-order valence-corrected chi connectivity index (χ2v) is 3.99. The molecule has 0 aromatic carbocycles. The predicted octanol–water partition coefficient (Wildman–Crippen LogP) is 2.15. The van der Waals surface area contributed by atoms with Crippen molar-refractivity contribution in [2.45, 2.75) is 32.6 Å². The molecular formula is C11H13N3. The molecular weight excluding hydrogens is 174 g/mol. The van der Waals surface area contributed by atoms with E-state index in [0.29, 0.717) is 0 Å². The molecule has 0 unspecified atom stereocenters. The van der Waals surface area contributed by atoms with E-state index >= 15 is 0 Å². The van der Waals surface area contributed by atoms with E-state index in [-0.39, 0.29) is 0 Å². The molecule has 1 aliphatic carbocycles. The number of hydrogen-bond acceptors (Lipinski definition) is 2. The highest BCUT2D eigenvalue weighted by molar-refractivity contribution is 5.72. The number of H-pyrrole nitrogens is 1. The zero-order chi connectivity index (χ0) is 9.54. The summed E-state index contributed by atoms with van der Waals surface area (Å²) in [5, 5.41) is 0. The molecule has 0 atom stereocenters. The van der Waals surface area contributed by atoms with Gasteiger partial charge in [0.25, 0.3) is 0 Å². The third kappa shape index (κ3) is 1.12. The Morgan fingerprint density at radius 3 is 3.00 bits per heavy atom. The van der Waals surface area contributed by atoms with Crippen LogP contribution in [0, 0.1) is 6.92 Å². The van der Waals surface area contributed by atoms with Gasteiger partial charge in [-0.2, -0.15) is 0 Å². The molecule has 72 valence electrons.